The molecule has 3 fully saturated rings. The summed E-state index contributed by atoms with van der Waals surface area (Å²) in [6, 6.07) is 0. The molecule has 2 bridgehead atoms. The molecule has 0 aromatic carbocycles. The van der Waals surface area contributed by atoms with Crippen LogP contribution in [-0.4, -0.2) is 26.8 Å². The van der Waals surface area contributed by atoms with E-state index in [2.05, 4.69) is 5.32 Å². The van der Waals surface area contributed by atoms with Crippen molar-refractivity contribution in [2.45, 2.75) is 12.8 Å². The van der Waals surface area contributed by atoms with Crippen molar-refractivity contribution in [2.24, 2.45) is 11.3 Å². The van der Waals surface area contributed by atoms with E-state index in [1.807, 2.05) is 0 Å². The van der Waals surface area contributed by atoms with Crippen molar-refractivity contribution in [2.75, 3.05) is 26.8 Å². The van der Waals surface area contributed by atoms with E-state index in [9.17, 15) is 0 Å². The van der Waals surface area contributed by atoms with Gasteiger partial charge < -0.3 is 10.1 Å². The summed E-state index contributed by atoms with van der Waals surface area (Å²) < 4.78 is 5.18. The molecule has 0 atom stereocenters. The third-order valence-electron chi connectivity index (χ3n) is 2.83. The molecule has 0 spiro atoms. The highest BCUT2D eigenvalue weighted by atomic mass is 16.5. The number of methoxy groups -OCH3 is 1. The second-order valence-corrected chi connectivity index (χ2v) is 3.84. The number of hydrogen-bond donors (Lipinski definition) is 1. The summed E-state index contributed by atoms with van der Waals surface area (Å²) in [7, 11) is 1.80. The standard InChI is InChI=1S/C8H15NO/c1-10-6-8-2-7(3-8)4-9-5-8/h7,9H,2-6H2,1H3. The van der Waals surface area contributed by atoms with Crippen LogP contribution < -0.4 is 5.32 Å². The van der Waals surface area contributed by atoms with E-state index in [1.165, 1.54) is 25.9 Å². The van der Waals surface area contributed by atoms with Crippen molar-refractivity contribution < 1.29 is 4.74 Å². The summed E-state index contributed by atoms with van der Waals surface area (Å²) in [5.41, 5.74) is 0.539. The number of hydrogen-bond acceptors (Lipinski definition) is 2. The lowest BCUT2D eigenvalue weighted by Gasteiger charge is -2.52. The largest absolute Gasteiger partial charge is 0.384 e. The monoisotopic (exact) mass is 141 g/mol. The minimum atomic E-state index is 0.539. The van der Waals surface area contributed by atoms with Crippen LogP contribution in [0, 0.1) is 11.3 Å². The molecule has 10 heavy (non-hydrogen) atoms. The highest BCUT2D eigenvalue weighted by molar-refractivity contribution is 4.99. The summed E-state index contributed by atoms with van der Waals surface area (Å²) in [5, 5.41) is 3.43. The lowest BCUT2D eigenvalue weighted by atomic mass is 9.60. The van der Waals surface area contributed by atoms with Crippen LogP contribution >= 0.6 is 0 Å². The van der Waals surface area contributed by atoms with Crippen LogP contribution in [-0.2, 0) is 4.74 Å². The van der Waals surface area contributed by atoms with Crippen LogP contribution in [0.5, 0.6) is 0 Å². The summed E-state index contributed by atoms with van der Waals surface area (Å²) in [4.78, 5) is 0. The molecule has 2 aliphatic heterocycles. The molecule has 0 radical (unpaired) electrons. The Hall–Kier alpha value is -0.0800. The van der Waals surface area contributed by atoms with Gasteiger partial charge in [0.15, 0.2) is 0 Å². The van der Waals surface area contributed by atoms with Crippen LogP contribution in [0.3, 0.4) is 0 Å². The summed E-state index contributed by atoms with van der Waals surface area (Å²) >= 11 is 0. The van der Waals surface area contributed by atoms with Gasteiger partial charge in [0, 0.05) is 19.1 Å². The zero-order valence-electron chi connectivity index (χ0n) is 6.52. The first kappa shape index (κ1) is 6.62. The van der Waals surface area contributed by atoms with Gasteiger partial charge in [-0.05, 0) is 25.3 Å². The van der Waals surface area contributed by atoms with E-state index in [1.54, 1.807) is 7.11 Å². The fourth-order valence-corrected chi connectivity index (χ4v) is 2.47. The first-order valence-electron chi connectivity index (χ1n) is 4.04. The van der Waals surface area contributed by atoms with Crippen molar-refractivity contribution in [1.29, 1.82) is 0 Å². The second kappa shape index (κ2) is 2.21. The van der Waals surface area contributed by atoms with Crippen LogP contribution in [0.25, 0.3) is 0 Å². The second-order valence-electron chi connectivity index (χ2n) is 3.84. The molecule has 2 heterocycles. The van der Waals surface area contributed by atoms with Gasteiger partial charge in [0.1, 0.15) is 0 Å². The molecule has 0 amide bonds. The molecule has 0 aromatic heterocycles. The maximum atomic E-state index is 5.18. The van der Waals surface area contributed by atoms with Gasteiger partial charge in [0.25, 0.3) is 0 Å². The van der Waals surface area contributed by atoms with Gasteiger partial charge >= 0.3 is 0 Å². The number of nitrogens with one attached hydrogen (secondary N) is 1. The Morgan fingerprint density at radius 1 is 1.60 bits per heavy atom. The SMILES string of the molecule is COCC12CNCC(C1)C2. The van der Waals surface area contributed by atoms with E-state index in [4.69, 9.17) is 4.74 Å². The third kappa shape index (κ3) is 0.867. The average Bonchev–Trinajstić information content (AvgIpc) is 1.87. The van der Waals surface area contributed by atoms with E-state index in [-0.39, 0.29) is 0 Å². The lowest BCUT2D eigenvalue weighted by Crippen LogP contribution is -2.56. The van der Waals surface area contributed by atoms with Crippen molar-refractivity contribution in [3.8, 4) is 0 Å². The van der Waals surface area contributed by atoms with Crippen molar-refractivity contribution in [3.05, 3.63) is 0 Å². The van der Waals surface area contributed by atoms with E-state index >= 15 is 0 Å². The van der Waals surface area contributed by atoms with Gasteiger partial charge in [0.2, 0.25) is 0 Å². The molecule has 2 heteroatoms. The molecule has 1 aliphatic carbocycles. The van der Waals surface area contributed by atoms with Crippen LogP contribution in [0.1, 0.15) is 12.8 Å². The van der Waals surface area contributed by atoms with E-state index < -0.39 is 0 Å². The highest BCUT2D eigenvalue weighted by Crippen LogP contribution is 2.47. The smallest absolute Gasteiger partial charge is 0.0531 e. The molecular weight excluding hydrogens is 126 g/mol. The fourth-order valence-electron chi connectivity index (χ4n) is 2.47. The highest BCUT2D eigenvalue weighted by Gasteiger charge is 2.46. The van der Waals surface area contributed by atoms with Crippen LogP contribution in [0.2, 0.25) is 0 Å². The quantitative estimate of drug-likeness (QED) is 0.609. The lowest BCUT2D eigenvalue weighted by molar-refractivity contribution is -0.0483. The molecule has 3 aliphatic rings. The maximum Gasteiger partial charge on any atom is 0.0531 e. The third-order valence-corrected chi connectivity index (χ3v) is 2.83. The van der Waals surface area contributed by atoms with E-state index in [0.29, 0.717) is 5.41 Å². The number of rotatable bonds is 2. The topological polar surface area (TPSA) is 21.3 Å². The Labute approximate surface area is 61.9 Å². The Morgan fingerprint density at radius 2 is 2.40 bits per heavy atom. The predicted octanol–water partition coefficient (Wildman–Crippen LogP) is 0.632. The Morgan fingerprint density at radius 3 is 2.90 bits per heavy atom. The van der Waals surface area contributed by atoms with Crippen molar-refractivity contribution in [3.63, 3.8) is 0 Å². The molecule has 1 N–H and O–H groups in total. The number of piperidine rings is 2. The predicted molar refractivity (Wildman–Crippen MR) is 39.9 cm³/mol. The summed E-state index contributed by atoms with van der Waals surface area (Å²) in [5.74, 6) is 0.962. The zero-order valence-corrected chi connectivity index (χ0v) is 6.52. The van der Waals surface area contributed by atoms with Crippen LogP contribution in [0.15, 0.2) is 0 Å². The molecule has 3 rings (SSSR count). The van der Waals surface area contributed by atoms with Gasteiger partial charge in [-0.2, -0.15) is 0 Å². The number of ether oxygens (including phenoxy) is 1. The molecule has 0 aromatic rings. The Kier molecular flexibility index (Phi) is 1.46. The molecule has 1 saturated carbocycles. The fraction of sp³-hybridized carbons (Fsp3) is 1.00. The van der Waals surface area contributed by atoms with Gasteiger partial charge in [0.05, 0.1) is 6.61 Å². The minimum absolute atomic E-state index is 0.539. The van der Waals surface area contributed by atoms with Gasteiger partial charge in [-0.3, -0.25) is 0 Å². The molecule has 58 valence electrons. The zero-order chi connectivity index (χ0) is 7.03. The van der Waals surface area contributed by atoms with Crippen LogP contribution in [0.4, 0.5) is 0 Å². The summed E-state index contributed by atoms with van der Waals surface area (Å²) in [6.45, 7) is 3.37. The Bertz CT molecular complexity index is 118. The first-order chi connectivity index (χ1) is 4.85. The molecule has 2 saturated heterocycles. The van der Waals surface area contributed by atoms with Gasteiger partial charge in [-0.1, -0.05) is 0 Å². The van der Waals surface area contributed by atoms with Gasteiger partial charge in [-0.25, -0.2) is 0 Å². The maximum absolute atomic E-state index is 5.18. The van der Waals surface area contributed by atoms with Crippen molar-refractivity contribution in [1.82, 2.24) is 5.32 Å². The van der Waals surface area contributed by atoms with E-state index in [0.717, 1.165) is 12.5 Å². The number of fused-ring (bicyclic) bond motifs is 2. The summed E-state index contributed by atoms with van der Waals surface area (Å²) in [6.07, 6.45) is 2.79. The molecule has 0 unspecified atom stereocenters. The molecular formula is C8H15NO. The average molecular weight is 141 g/mol. The first-order valence-corrected chi connectivity index (χ1v) is 4.04. The van der Waals surface area contributed by atoms with Gasteiger partial charge in [-0.15, -0.1) is 0 Å². The van der Waals surface area contributed by atoms with Crippen molar-refractivity contribution >= 4 is 0 Å². The normalized spacial score (nSPS) is 44.7. The Balaban J connectivity index is 1.92. The molecule has 2 nitrogen and oxygen atoms in total. The minimum Gasteiger partial charge on any atom is -0.384 e.